The monoisotopic (exact) mass is 281 g/mol. The van der Waals surface area contributed by atoms with Crippen molar-refractivity contribution in [2.24, 2.45) is 5.73 Å². The number of nitrogens with two attached hydrogens (primary N) is 1. The first-order valence-electron chi connectivity index (χ1n) is 5.27. The zero-order valence-electron chi connectivity index (χ0n) is 10.4. The molecule has 0 radical (unpaired) electrons. The van der Waals surface area contributed by atoms with Crippen molar-refractivity contribution in [3.8, 4) is 5.75 Å². The van der Waals surface area contributed by atoms with Gasteiger partial charge in [-0.2, -0.15) is 13.2 Å². The predicted molar refractivity (Wildman–Crippen MR) is 65.0 cm³/mol. The average Bonchev–Trinajstić information content (AvgIpc) is 2.12. The molecular formula is C12H15ClF3NO. The second kappa shape index (κ2) is 4.97. The van der Waals surface area contributed by atoms with Crippen LogP contribution in [0.1, 0.15) is 25.0 Å². The average molecular weight is 282 g/mol. The summed E-state index contributed by atoms with van der Waals surface area (Å²) in [6.45, 7) is 3.45. The van der Waals surface area contributed by atoms with E-state index >= 15 is 0 Å². The van der Waals surface area contributed by atoms with E-state index in [1.54, 1.807) is 13.8 Å². The molecule has 1 rings (SSSR count). The van der Waals surface area contributed by atoms with E-state index in [2.05, 4.69) is 0 Å². The lowest BCUT2D eigenvalue weighted by Gasteiger charge is -2.22. The molecule has 0 bridgehead atoms. The van der Waals surface area contributed by atoms with E-state index in [0.29, 0.717) is 5.56 Å². The Balaban J connectivity index is 3.39. The van der Waals surface area contributed by atoms with Gasteiger partial charge in [0.2, 0.25) is 0 Å². The van der Waals surface area contributed by atoms with Gasteiger partial charge in [-0.1, -0.05) is 11.6 Å². The highest BCUT2D eigenvalue weighted by Crippen LogP contribution is 2.40. The summed E-state index contributed by atoms with van der Waals surface area (Å²) in [6, 6.07) is 2.30. The molecule has 6 heteroatoms. The fourth-order valence-electron chi connectivity index (χ4n) is 1.72. The highest BCUT2D eigenvalue weighted by molar-refractivity contribution is 6.30. The summed E-state index contributed by atoms with van der Waals surface area (Å²) in [5.41, 5.74) is 4.64. The van der Waals surface area contributed by atoms with Crippen LogP contribution in [0.4, 0.5) is 13.2 Å². The minimum Gasteiger partial charge on any atom is -0.496 e. The fraction of sp³-hybridized carbons (Fsp3) is 0.500. The number of methoxy groups -OCH3 is 1. The van der Waals surface area contributed by atoms with Crippen molar-refractivity contribution in [1.82, 2.24) is 0 Å². The number of hydrogen-bond donors (Lipinski definition) is 1. The minimum absolute atomic E-state index is 0.0161. The van der Waals surface area contributed by atoms with Crippen molar-refractivity contribution in [3.05, 3.63) is 28.3 Å². The van der Waals surface area contributed by atoms with Crippen molar-refractivity contribution >= 4 is 11.6 Å². The van der Waals surface area contributed by atoms with Crippen LogP contribution in [-0.2, 0) is 12.6 Å². The lowest BCUT2D eigenvalue weighted by molar-refractivity contribution is -0.138. The summed E-state index contributed by atoms with van der Waals surface area (Å²) in [4.78, 5) is 0. The summed E-state index contributed by atoms with van der Waals surface area (Å²) in [7, 11) is 1.20. The summed E-state index contributed by atoms with van der Waals surface area (Å²) in [5.74, 6) is -0.217. The molecule has 0 spiro atoms. The van der Waals surface area contributed by atoms with Crippen LogP contribution in [0.2, 0.25) is 5.02 Å². The van der Waals surface area contributed by atoms with Crippen LogP contribution in [0.3, 0.4) is 0 Å². The van der Waals surface area contributed by atoms with Gasteiger partial charge in [-0.3, -0.25) is 0 Å². The van der Waals surface area contributed by atoms with Crippen molar-refractivity contribution < 1.29 is 17.9 Å². The third-order valence-corrected chi connectivity index (χ3v) is 2.50. The van der Waals surface area contributed by atoms with Crippen molar-refractivity contribution in [2.45, 2.75) is 32.0 Å². The molecule has 2 N–H and O–H groups in total. The number of hydrogen-bond acceptors (Lipinski definition) is 2. The van der Waals surface area contributed by atoms with Gasteiger partial charge in [0.15, 0.2) is 0 Å². The number of halogens is 4. The van der Waals surface area contributed by atoms with Gasteiger partial charge in [-0.15, -0.1) is 0 Å². The standard InChI is InChI=1S/C12H15ClF3NO/c1-11(2,17)6-7-4-8(13)5-9(10(7)18-3)12(14,15)16/h4-5H,6,17H2,1-3H3. The van der Waals surface area contributed by atoms with E-state index < -0.39 is 17.3 Å². The zero-order chi connectivity index (χ0) is 14.1. The molecule has 1 aromatic rings. The van der Waals surface area contributed by atoms with Crippen LogP contribution in [0.25, 0.3) is 0 Å². The molecule has 0 saturated carbocycles. The van der Waals surface area contributed by atoms with Gasteiger partial charge < -0.3 is 10.5 Å². The molecule has 0 aromatic heterocycles. The molecule has 0 saturated heterocycles. The Kier molecular flexibility index (Phi) is 4.18. The Morgan fingerprint density at radius 2 is 1.83 bits per heavy atom. The molecule has 0 atom stereocenters. The highest BCUT2D eigenvalue weighted by atomic mass is 35.5. The lowest BCUT2D eigenvalue weighted by Crippen LogP contribution is -2.34. The summed E-state index contributed by atoms with van der Waals surface area (Å²) < 4.78 is 43.4. The maximum absolute atomic E-state index is 12.9. The van der Waals surface area contributed by atoms with Crippen LogP contribution in [0.15, 0.2) is 12.1 Å². The highest BCUT2D eigenvalue weighted by Gasteiger charge is 2.36. The smallest absolute Gasteiger partial charge is 0.420 e. The van der Waals surface area contributed by atoms with E-state index in [-0.39, 0.29) is 17.2 Å². The maximum atomic E-state index is 12.9. The third-order valence-electron chi connectivity index (χ3n) is 2.29. The SMILES string of the molecule is COc1c(CC(C)(C)N)cc(Cl)cc1C(F)(F)F. The quantitative estimate of drug-likeness (QED) is 0.918. The van der Waals surface area contributed by atoms with E-state index in [1.165, 1.54) is 13.2 Å². The molecule has 0 aliphatic carbocycles. The Bertz CT molecular complexity index is 438. The van der Waals surface area contributed by atoms with Crippen LogP contribution < -0.4 is 10.5 Å². The van der Waals surface area contributed by atoms with Crippen LogP contribution >= 0.6 is 11.6 Å². The van der Waals surface area contributed by atoms with Gasteiger partial charge in [0.25, 0.3) is 0 Å². The molecule has 102 valence electrons. The molecule has 1 aromatic carbocycles. The van der Waals surface area contributed by atoms with Crippen molar-refractivity contribution in [1.29, 1.82) is 0 Å². The Labute approximate surface area is 109 Å². The Hall–Kier alpha value is -0.940. The minimum atomic E-state index is -4.51. The molecule has 0 fully saturated rings. The van der Waals surface area contributed by atoms with E-state index in [0.717, 1.165) is 6.07 Å². The van der Waals surface area contributed by atoms with Gasteiger partial charge in [0.1, 0.15) is 5.75 Å². The third kappa shape index (κ3) is 3.78. The molecular weight excluding hydrogens is 267 g/mol. The Morgan fingerprint density at radius 3 is 2.22 bits per heavy atom. The second-order valence-corrected chi connectivity index (χ2v) is 5.25. The first-order chi connectivity index (χ1) is 8.04. The number of benzene rings is 1. The van der Waals surface area contributed by atoms with Crippen molar-refractivity contribution in [3.63, 3.8) is 0 Å². The topological polar surface area (TPSA) is 35.2 Å². The van der Waals surface area contributed by atoms with Gasteiger partial charge in [-0.25, -0.2) is 0 Å². The van der Waals surface area contributed by atoms with E-state index in [4.69, 9.17) is 22.1 Å². The van der Waals surface area contributed by atoms with Gasteiger partial charge in [-0.05, 0) is 38.0 Å². The molecule has 18 heavy (non-hydrogen) atoms. The molecule has 2 nitrogen and oxygen atoms in total. The molecule has 0 aliphatic heterocycles. The predicted octanol–water partition coefficient (Wildman–Crippen LogP) is 3.65. The molecule has 0 amide bonds. The van der Waals surface area contributed by atoms with Crippen LogP contribution in [-0.4, -0.2) is 12.6 Å². The zero-order valence-corrected chi connectivity index (χ0v) is 11.1. The van der Waals surface area contributed by atoms with Gasteiger partial charge in [0, 0.05) is 10.6 Å². The van der Waals surface area contributed by atoms with E-state index in [9.17, 15) is 13.2 Å². The number of rotatable bonds is 3. The maximum Gasteiger partial charge on any atom is 0.420 e. The Morgan fingerprint density at radius 1 is 1.28 bits per heavy atom. The largest absolute Gasteiger partial charge is 0.496 e. The summed E-state index contributed by atoms with van der Waals surface area (Å²) in [5, 5.41) is 0.0161. The van der Waals surface area contributed by atoms with Gasteiger partial charge in [0.05, 0.1) is 12.7 Å². The summed E-state index contributed by atoms with van der Waals surface area (Å²) >= 11 is 5.72. The first-order valence-corrected chi connectivity index (χ1v) is 5.65. The van der Waals surface area contributed by atoms with Gasteiger partial charge >= 0.3 is 6.18 Å². The first kappa shape index (κ1) is 15.1. The normalized spacial score (nSPS) is 12.7. The fourth-order valence-corrected chi connectivity index (χ4v) is 1.96. The lowest BCUT2D eigenvalue weighted by atomic mass is 9.94. The van der Waals surface area contributed by atoms with E-state index in [1.807, 2.05) is 0 Å². The number of ether oxygens (including phenoxy) is 1. The molecule has 0 heterocycles. The van der Waals surface area contributed by atoms with Crippen molar-refractivity contribution in [2.75, 3.05) is 7.11 Å². The number of alkyl halides is 3. The molecule has 0 unspecified atom stereocenters. The summed E-state index contributed by atoms with van der Waals surface area (Å²) in [6.07, 6.45) is -4.27. The second-order valence-electron chi connectivity index (χ2n) is 4.81. The van der Waals surface area contributed by atoms with Crippen LogP contribution in [0, 0.1) is 0 Å². The van der Waals surface area contributed by atoms with Crippen LogP contribution in [0.5, 0.6) is 5.75 Å². The molecule has 0 aliphatic rings.